The van der Waals surface area contributed by atoms with Gasteiger partial charge in [-0.25, -0.2) is 0 Å². The molecule has 4 heteroatoms. The molecule has 1 N–H and O–H groups in total. The summed E-state index contributed by atoms with van der Waals surface area (Å²) in [7, 11) is 2.15. The van der Waals surface area contributed by atoms with E-state index in [0.29, 0.717) is 19.1 Å². The molecule has 1 saturated heterocycles. The summed E-state index contributed by atoms with van der Waals surface area (Å²) in [6.45, 7) is 4.82. The minimum absolute atomic E-state index is 0.0854. The van der Waals surface area contributed by atoms with Crippen LogP contribution in [0.15, 0.2) is 48.5 Å². The number of aryl methyl sites for hydroxylation is 2. The number of carbonyl (C=O) groups is 1. The van der Waals surface area contributed by atoms with E-state index in [0.717, 1.165) is 43.7 Å². The Labute approximate surface area is 162 Å². The van der Waals surface area contributed by atoms with Crippen LogP contribution in [0.3, 0.4) is 0 Å². The van der Waals surface area contributed by atoms with Gasteiger partial charge in [-0.15, -0.1) is 0 Å². The largest absolute Gasteiger partial charge is 0.490 e. The summed E-state index contributed by atoms with van der Waals surface area (Å²) in [6.07, 6.45) is 3.76. The Balaban J connectivity index is 1.39. The number of nitrogens with zero attached hydrogens (tertiary/aromatic N) is 1. The average molecular weight is 367 g/mol. The van der Waals surface area contributed by atoms with E-state index in [-0.39, 0.29) is 5.91 Å². The molecule has 0 atom stereocenters. The Morgan fingerprint density at radius 2 is 1.67 bits per heavy atom. The van der Waals surface area contributed by atoms with Crippen LogP contribution in [-0.4, -0.2) is 37.0 Å². The van der Waals surface area contributed by atoms with Crippen molar-refractivity contribution in [3.05, 3.63) is 65.2 Å². The van der Waals surface area contributed by atoms with Gasteiger partial charge < -0.3 is 15.0 Å². The van der Waals surface area contributed by atoms with E-state index in [1.807, 2.05) is 24.3 Å². The van der Waals surface area contributed by atoms with Gasteiger partial charge in [-0.2, -0.15) is 0 Å². The van der Waals surface area contributed by atoms with E-state index in [4.69, 9.17) is 4.74 Å². The van der Waals surface area contributed by atoms with Gasteiger partial charge in [0.1, 0.15) is 11.9 Å². The molecule has 4 nitrogen and oxygen atoms in total. The summed E-state index contributed by atoms with van der Waals surface area (Å²) in [6, 6.07) is 16.4. The van der Waals surface area contributed by atoms with E-state index in [1.54, 1.807) is 0 Å². The zero-order valence-electron chi connectivity index (χ0n) is 16.4. The van der Waals surface area contributed by atoms with Crippen LogP contribution in [0.25, 0.3) is 0 Å². The molecule has 2 aromatic rings. The van der Waals surface area contributed by atoms with Gasteiger partial charge in [0.2, 0.25) is 5.91 Å². The van der Waals surface area contributed by atoms with Crippen molar-refractivity contribution < 1.29 is 9.53 Å². The van der Waals surface area contributed by atoms with Crippen LogP contribution in [0.1, 0.15) is 36.0 Å². The fourth-order valence-electron chi connectivity index (χ4n) is 3.28. The van der Waals surface area contributed by atoms with Gasteiger partial charge in [-0.05, 0) is 56.5 Å². The standard InChI is InChI=1S/C23H30N2O2/c1-18-3-5-19(6-4-18)9-12-23(26)24-17-20-7-10-21(11-8-20)27-22-13-15-25(2)16-14-22/h3-8,10-11,22H,9,12-17H2,1-2H3,(H,24,26). The quantitative estimate of drug-likeness (QED) is 0.812. The summed E-state index contributed by atoms with van der Waals surface area (Å²) in [5.74, 6) is 1.00. The number of hydrogen-bond acceptors (Lipinski definition) is 3. The second-order valence-corrected chi connectivity index (χ2v) is 7.53. The third kappa shape index (κ3) is 6.40. The van der Waals surface area contributed by atoms with Crippen LogP contribution in [0.5, 0.6) is 5.75 Å². The molecule has 0 saturated carbocycles. The lowest BCUT2D eigenvalue weighted by Gasteiger charge is -2.29. The Morgan fingerprint density at radius 1 is 1.04 bits per heavy atom. The number of rotatable bonds is 7. The Hall–Kier alpha value is -2.33. The van der Waals surface area contributed by atoms with Gasteiger partial charge >= 0.3 is 0 Å². The molecule has 1 heterocycles. The lowest BCUT2D eigenvalue weighted by atomic mass is 10.1. The first kappa shape index (κ1) is 19.4. The van der Waals surface area contributed by atoms with Crippen LogP contribution in [0, 0.1) is 6.92 Å². The molecule has 0 unspecified atom stereocenters. The number of nitrogens with one attached hydrogen (secondary N) is 1. The average Bonchev–Trinajstić information content (AvgIpc) is 2.69. The molecule has 1 fully saturated rings. The van der Waals surface area contributed by atoms with Crippen molar-refractivity contribution in [3.63, 3.8) is 0 Å². The van der Waals surface area contributed by atoms with E-state index < -0.39 is 0 Å². The van der Waals surface area contributed by atoms with Gasteiger partial charge in [0.15, 0.2) is 0 Å². The molecule has 2 aromatic carbocycles. The Kier molecular flexibility index (Phi) is 6.88. The summed E-state index contributed by atoms with van der Waals surface area (Å²) >= 11 is 0. The predicted octanol–water partition coefficient (Wildman–Crippen LogP) is 3.72. The molecule has 1 aliphatic rings. The molecule has 0 radical (unpaired) electrons. The first-order valence-electron chi connectivity index (χ1n) is 9.85. The van der Waals surface area contributed by atoms with Crippen molar-refractivity contribution in [2.75, 3.05) is 20.1 Å². The normalized spacial score (nSPS) is 15.5. The molecule has 0 aliphatic carbocycles. The van der Waals surface area contributed by atoms with Crippen molar-refractivity contribution in [3.8, 4) is 5.75 Å². The summed E-state index contributed by atoms with van der Waals surface area (Å²) in [5.41, 5.74) is 3.53. The third-order valence-corrected chi connectivity index (χ3v) is 5.14. The van der Waals surface area contributed by atoms with Crippen LogP contribution in [0.4, 0.5) is 0 Å². The highest BCUT2D eigenvalue weighted by atomic mass is 16.5. The van der Waals surface area contributed by atoms with Gasteiger partial charge in [0.25, 0.3) is 0 Å². The molecule has 144 valence electrons. The van der Waals surface area contributed by atoms with Crippen LogP contribution in [0.2, 0.25) is 0 Å². The van der Waals surface area contributed by atoms with Gasteiger partial charge in [-0.1, -0.05) is 42.0 Å². The minimum atomic E-state index is 0.0854. The maximum atomic E-state index is 12.1. The monoisotopic (exact) mass is 366 g/mol. The maximum Gasteiger partial charge on any atom is 0.220 e. The molecule has 0 aromatic heterocycles. The molecule has 27 heavy (non-hydrogen) atoms. The fraction of sp³-hybridized carbons (Fsp3) is 0.435. The molecular weight excluding hydrogens is 336 g/mol. The molecule has 0 spiro atoms. The number of carbonyl (C=O) groups excluding carboxylic acids is 1. The first-order valence-corrected chi connectivity index (χ1v) is 9.85. The highest BCUT2D eigenvalue weighted by Gasteiger charge is 2.17. The lowest BCUT2D eigenvalue weighted by Crippen LogP contribution is -2.35. The predicted molar refractivity (Wildman–Crippen MR) is 109 cm³/mol. The van der Waals surface area contributed by atoms with Crippen LogP contribution in [-0.2, 0) is 17.8 Å². The van der Waals surface area contributed by atoms with Gasteiger partial charge in [-0.3, -0.25) is 4.79 Å². The highest BCUT2D eigenvalue weighted by Crippen LogP contribution is 2.19. The van der Waals surface area contributed by atoms with Gasteiger partial charge in [0.05, 0.1) is 0 Å². The second-order valence-electron chi connectivity index (χ2n) is 7.53. The van der Waals surface area contributed by atoms with Gasteiger partial charge in [0, 0.05) is 26.1 Å². The lowest BCUT2D eigenvalue weighted by molar-refractivity contribution is -0.121. The Morgan fingerprint density at radius 3 is 2.33 bits per heavy atom. The number of piperidine rings is 1. The molecular formula is C23H30N2O2. The summed E-state index contributed by atoms with van der Waals surface area (Å²) in [4.78, 5) is 14.4. The molecule has 0 bridgehead atoms. The van der Waals surface area contributed by atoms with E-state index in [9.17, 15) is 4.79 Å². The number of hydrogen-bond donors (Lipinski definition) is 1. The minimum Gasteiger partial charge on any atom is -0.490 e. The van der Waals surface area contributed by atoms with Crippen LogP contribution < -0.4 is 10.1 Å². The second kappa shape index (κ2) is 9.56. The van der Waals surface area contributed by atoms with Crippen LogP contribution >= 0.6 is 0 Å². The molecule has 1 aliphatic heterocycles. The topological polar surface area (TPSA) is 41.6 Å². The first-order chi connectivity index (χ1) is 13.1. The smallest absolute Gasteiger partial charge is 0.220 e. The summed E-state index contributed by atoms with van der Waals surface area (Å²) < 4.78 is 6.07. The molecule has 3 rings (SSSR count). The Bertz CT molecular complexity index is 717. The number of benzene rings is 2. The van der Waals surface area contributed by atoms with E-state index in [1.165, 1.54) is 11.1 Å². The van der Waals surface area contributed by atoms with Crippen molar-refractivity contribution >= 4 is 5.91 Å². The molecule has 1 amide bonds. The maximum absolute atomic E-state index is 12.1. The van der Waals surface area contributed by atoms with Crippen molar-refractivity contribution in [1.29, 1.82) is 0 Å². The third-order valence-electron chi connectivity index (χ3n) is 5.14. The number of amides is 1. The van der Waals surface area contributed by atoms with Crippen molar-refractivity contribution in [1.82, 2.24) is 10.2 Å². The highest BCUT2D eigenvalue weighted by molar-refractivity contribution is 5.76. The van der Waals surface area contributed by atoms with E-state index >= 15 is 0 Å². The SMILES string of the molecule is Cc1ccc(CCC(=O)NCc2ccc(OC3CCN(C)CC3)cc2)cc1. The number of likely N-dealkylation sites (tertiary alicyclic amines) is 1. The van der Waals surface area contributed by atoms with Crippen molar-refractivity contribution in [2.45, 2.75) is 45.3 Å². The van der Waals surface area contributed by atoms with Crippen molar-refractivity contribution in [2.24, 2.45) is 0 Å². The van der Waals surface area contributed by atoms with E-state index in [2.05, 4.69) is 48.5 Å². The fourth-order valence-corrected chi connectivity index (χ4v) is 3.28. The number of ether oxygens (including phenoxy) is 1. The zero-order chi connectivity index (χ0) is 19.1. The summed E-state index contributed by atoms with van der Waals surface area (Å²) in [5, 5.41) is 3.00. The zero-order valence-corrected chi connectivity index (χ0v) is 16.4.